The lowest BCUT2D eigenvalue weighted by atomic mass is 10.1. The summed E-state index contributed by atoms with van der Waals surface area (Å²) in [6.45, 7) is 0.663. The predicted molar refractivity (Wildman–Crippen MR) is 55.3 cm³/mol. The lowest BCUT2D eigenvalue weighted by Gasteiger charge is -1.99. The van der Waals surface area contributed by atoms with E-state index in [9.17, 15) is 13.2 Å². The Labute approximate surface area is 97.4 Å². The maximum absolute atomic E-state index is 12.0. The molecule has 0 radical (unpaired) electrons. The van der Waals surface area contributed by atoms with Gasteiger partial charge in [0.1, 0.15) is 6.42 Å². The van der Waals surface area contributed by atoms with E-state index in [2.05, 4.69) is 10.1 Å². The fraction of sp³-hybridized carbons (Fsp3) is 0.800. The minimum absolute atomic E-state index is 0.275. The Hall–Kier alpha value is -1.11. The Balaban J connectivity index is 2.26. The van der Waals surface area contributed by atoms with Crippen LogP contribution in [0.5, 0.6) is 0 Å². The summed E-state index contributed by atoms with van der Waals surface area (Å²) >= 11 is 0. The average molecular weight is 251 g/mol. The van der Waals surface area contributed by atoms with Gasteiger partial charge < -0.3 is 10.3 Å². The molecule has 4 nitrogen and oxygen atoms in total. The summed E-state index contributed by atoms with van der Waals surface area (Å²) in [5.74, 6) is -0.0218. The number of hydrogen-bond donors (Lipinski definition) is 1. The Bertz CT molecular complexity index is 325. The first-order chi connectivity index (χ1) is 8.01. The first-order valence-corrected chi connectivity index (χ1v) is 5.59. The van der Waals surface area contributed by atoms with Crippen LogP contribution in [0.1, 0.15) is 37.4 Å². The number of aromatic nitrogens is 2. The molecule has 1 heterocycles. The topological polar surface area (TPSA) is 64.9 Å². The number of halogens is 3. The van der Waals surface area contributed by atoms with Crippen molar-refractivity contribution in [3.05, 3.63) is 11.7 Å². The third kappa shape index (κ3) is 6.25. The zero-order valence-electron chi connectivity index (χ0n) is 9.46. The molecule has 0 aliphatic rings. The van der Waals surface area contributed by atoms with Crippen LogP contribution in [0.2, 0.25) is 0 Å². The van der Waals surface area contributed by atoms with Gasteiger partial charge in [-0.3, -0.25) is 0 Å². The number of nitrogens with zero attached hydrogens (tertiary/aromatic N) is 2. The van der Waals surface area contributed by atoms with Crippen LogP contribution in [0.25, 0.3) is 0 Å². The van der Waals surface area contributed by atoms with Gasteiger partial charge >= 0.3 is 6.18 Å². The van der Waals surface area contributed by atoms with Gasteiger partial charge in [-0.1, -0.05) is 18.0 Å². The molecule has 0 spiro atoms. The van der Waals surface area contributed by atoms with E-state index in [1.165, 1.54) is 0 Å². The van der Waals surface area contributed by atoms with Gasteiger partial charge in [0.05, 0.1) is 0 Å². The second-order valence-corrected chi connectivity index (χ2v) is 3.85. The zero-order valence-corrected chi connectivity index (χ0v) is 9.46. The van der Waals surface area contributed by atoms with E-state index < -0.39 is 12.6 Å². The molecule has 0 aliphatic heterocycles. The van der Waals surface area contributed by atoms with Crippen LogP contribution in [-0.2, 0) is 12.8 Å². The van der Waals surface area contributed by atoms with Crippen LogP contribution < -0.4 is 5.73 Å². The van der Waals surface area contributed by atoms with Crippen LogP contribution in [-0.4, -0.2) is 22.9 Å². The van der Waals surface area contributed by atoms with Gasteiger partial charge in [-0.05, 0) is 19.4 Å². The van der Waals surface area contributed by atoms with Crippen LogP contribution in [0.3, 0.4) is 0 Å². The number of alkyl halides is 3. The summed E-state index contributed by atoms with van der Waals surface area (Å²) in [4.78, 5) is 3.69. The number of aryl methyl sites for hydroxylation is 1. The molecule has 0 fully saturated rings. The monoisotopic (exact) mass is 251 g/mol. The van der Waals surface area contributed by atoms with Crippen molar-refractivity contribution in [3.63, 3.8) is 0 Å². The SMILES string of the molecule is NCCCCCCc1nc(CC(F)(F)F)no1. The van der Waals surface area contributed by atoms with Gasteiger partial charge in [0.2, 0.25) is 5.89 Å². The summed E-state index contributed by atoms with van der Waals surface area (Å²) in [6, 6.07) is 0. The standard InChI is InChI=1S/C10H16F3N3O/c11-10(12,13)7-8-15-9(17-16-8)5-3-1-2-4-6-14/h1-7,14H2. The molecule has 0 amide bonds. The predicted octanol–water partition coefficient (Wildman–Crippen LogP) is 2.24. The van der Waals surface area contributed by atoms with E-state index in [0.29, 0.717) is 13.0 Å². The normalized spacial score (nSPS) is 12.0. The Kier molecular flexibility index (Phi) is 5.40. The van der Waals surface area contributed by atoms with Gasteiger partial charge in [-0.15, -0.1) is 0 Å². The zero-order chi connectivity index (χ0) is 12.7. The van der Waals surface area contributed by atoms with E-state index in [1.54, 1.807) is 0 Å². The fourth-order valence-corrected chi connectivity index (χ4v) is 1.42. The molecule has 0 bridgehead atoms. The molecule has 0 aromatic carbocycles. The van der Waals surface area contributed by atoms with Crippen LogP contribution in [0, 0.1) is 0 Å². The average Bonchev–Trinajstić information content (AvgIpc) is 2.63. The maximum Gasteiger partial charge on any atom is 0.396 e. The summed E-state index contributed by atoms with van der Waals surface area (Å²) in [5.41, 5.74) is 5.34. The first-order valence-electron chi connectivity index (χ1n) is 5.59. The van der Waals surface area contributed by atoms with Crippen LogP contribution in [0.15, 0.2) is 4.52 Å². The summed E-state index contributed by atoms with van der Waals surface area (Å²) in [5, 5.41) is 3.29. The van der Waals surface area contributed by atoms with E-state index in [4.69, 9.17) is 10.3 Å². The minimum atomic E-state index is -4.29. The Morgan fingerprint density at radius 2 is 1.82 bits per heavy atom. The van der Waals surface area contributed by atoms with Crippen molar-refractivity contribution < 1.29 is 17.7 Å². The van der Waals surface area contributed by atoms with Gasteiger partial charge in [0, 0.05) is 6.42 Å². The highest BCUT2D eigenvalue weighted by atomic mass is 19.4. The van der Waals surface area contributed by atoms with Crippen molar-refractivity contribution >= 4 is 0 Å². The molecule has 2 N–H and O–H groups in total. The highest BCUT2D eigenvalue weighted by Crippen LogP contribution is 2.19. The molecule has 0 atom stereocenters. The van der Waals surface area contributed by atoms with Crippen molar-refractivity contribution in [2.24, 2.45) is 5.73 Å². The molecule has 1 rings (SSSR count). The molecule has 17 heavy (non-hydrogen) atoms. The van der Waals surface area contributed by atoms with E-state index in [0.717, 1.165) is 25.7 Å². The fourth-order valence-electron chi connectivity index (χ4n) is 1.42. The second kappa shape index (κ2) is 6.58. The van der Waals surface area contributed by atoms with E-state index in [-0.39, 0.29) is 11.7 Å². The smallest absolute Gasteiger partial charge is 0.339 e. The number of hydrogen-bond acceptors (Lipinski definition) is 4. The highest BCUT2D eigenvalue weighted by molar-refractivity contribution is 4.88. The number of nitrogens with two attached hydrogens (primary N) is 1. The van der Waals surface area contributed by atoms with Crippen LogP contribution in [0.4, 0.5) is 13.2 Å². The Morgan fingerprint density at radius 1 is 1.12 bits per heavy atom. The van der Waals surface area contributed by atoms with Gasteiger partial charge in [0.15, 0.2) is 5.82 Å². The van der Waals surface area contributed by atoms with Gasteiger partial charge in [-0.2, -0.15) is 18.2 Å². The molecule has 0 saturated heterocycles. The van der Waals surface area contributed by atoms with Crippen molar-refractivity contribution in [3.8, 4) is 0 Å². The number of unbranched alkanes of at least 4 members (excludes halogenated alkanes) is 3. The van der Waals surface area contributed by atoms with Crippen molar-refractivity contribution in [1.82, 2.24) is 10.1 Å². The molecule has 0 unspecified atom stereocenters. The molecular formula is C10H16F3N3O. The molecule has 0 saturated carbocycles. The van der Waals surface area contributed by atoms with Crippen molar-refractivity contribution in [2.75, 3.05) is 6.54 Å². The van der Waals surface area contributed by atoms with Crippen molar-refractivity contribution in [2.45, 2.75) is 44.7 Å². The molecule has 1 aromatic heterocycles. The second-order valence-electron chi connectivity index (χ2n) is 3.85. The lowest BCUT2D eigenvalue weighted by Crippen LogP contribution is -2.12. The summed E-state index contributed by atoms with van der Waals surface area (Å²) in [6.07, 6.45) is -1.13. The first kappa shape index (κ1) is 14.0. The lowest BCUT2D eigenvalue weighted by molar-refractivity contribution is -0.128. The van der Waals surface area contributed by atoms with Gasteiger partial charge in [-0.25, -0.2) is 0 Å². The molecular weight excluding hydrogens is 235 g/mol. The molecule has 7 heteroatoms. The van der Waals surface area contributed by atoms with E-state index >= 15 is 0 Å². The Morgan fingerprint density at radius 3 is 2.47 bits per heavy atom. The maximum atomic E-state index is 12.0. The highest BCUT2D eigenvalue weighted by Gasteiger charge is 2.30. The van der Waals surface area contributed by atoms with Crippen molar-refractivity contribution in [1.29, 1.82) is 0 Å². The molecule has 98 valence electrons. The molecule has 1 aromatic rings. The quantitative estimate of drug-likeness (QED) is 0.755. The van der Waals surface area contributed by atoms with Gasteiger partial charge in [0.25, 0.3) is 0 Å². The third-order valence-electron chi connectivity index (χ3n) is 2.21. The summed E-state index contributed by atoms with van der Waals surface area (Å²) in [7, 11) is 0. The van der Waals surface area contributed by atoms with Crippen LogP contribution >= 0.6 is 0 Å². The number of rotatable bonds is 7. The third-order valence-corrected chi connectivity index (χ3v) is 2.21. The summed E-state index contributed by atoms with van der Waals surface area (Å²) < 4.78 is 40.8. The minimum Gasteiger partial charge on any atom is -0.339 e. The molecule has 0 aliphatic carbocycles. The van der Waals surface area contributed by atoms with E-state index in [1.807, 2.05) is 0 Å². The largest absolute Gasteiger partial charge is 0.396 e.